The van der Waals surface area contributed by atoms with E-state index in [1.165, 1.54) is 23.5 Å². The Bertz CT molecular complexity index is 545. The zero-order valence-electron chi connectivity index (χ0n) is 7.86. The molecule has 0 aliphatic heterocycles. The number of nitrogen functional groups attached to an aromatic ring is 1. The molecule has 0 aromatic carbocycles. The van der Waals surface area contributed by atoms with Crippen molar-refractivity contribution in [3.05, 3.63) is 33.0 Å². The van der Waals surface area contributed by atoms with Crippen molar-refractivity contribution in [3.8, 4) is 0 Å². The molecule has 0 spiro atoms. The molecular formula is C8H6N4O3S. The van der Waals surface area contributed by atoms with Crippen molar-refractivity contribution in [1.82, 2.24) is 10.2 Å². The van der Waals surface area contributed by atoms with Gasteiger partial charge in [-0.3, -0.25) is 10.1 Å². The van der Waals surface area contributed by atoms with Crippen molar-refractivity contribution in [1.29, 1.82) is 0 Å². The van der Waals surface area contributed by atoms with Crippen molar-refractivity contribution in [2.75, 3.05) is 5.73 Å². The molecule has 2 rings (SSSR count). The second-order valence-corrected chi connectivity index (χ2v) is 3.79. The van der Waals surface area contributed by atoms with E-state index in [4.69, 9.17) is 10.2 Å². The van der Waals surface area contributed by atoms with Gasteiger partial charge in [-0.2, -0.15) is 0 Å². The number of rotatable bonds is 3. The highest BCUT2D eigenvalue weighted by molar-refractivity contribution is 7.15. The van der Waals surface area contributed by atoms with E-state index in [0.29, 0.717) is 15.9 Å². The maximum Gasteiger partial charge on any atom is 0.433 e. The summed E-state index contributed by atoms with van der Waals surface area (Å²) in [6.07, 6.45) is 3.18. The van der Waals surface area contributed by atoms with Crippen LogP contribution in [-0.4, -0.2) is 15.1 Å². The van der Waals surface area contributed by atoms with Gasteiger partial charge in [-0.1, -0.05) is 11.3 Å². The number of nitrogens with zero attached hydrogens (tertiary/aromatic N) is 3. The third-order valence-electron chi connectivity index (χ3n) is 1.64. The van der Waals surface area contributed by atoms with E-state index in [1.807, 2.05) is 0 Å². The van der Waals surface area contributed by atoms with Gasteiger partial charge in [-0.05, 0) is 18.2 Å². The van der Waals surface area contributed by atoms with Gasteiger partial charge in [-0.15, -0.1) is 10.2 Å². The van der Waals surface area contributed by atoms with Crippen molar-refractivity contribution >= 4 is 34.5 Å². The molecule has 0 bridgehead atoms. The van der Waals surface area contributed by atoms with Crippen LogP contribution in [0.2, 0.25) is 0 Å². The minimum absolute atomic E-state index is 0.295. The van der Waals surface area contributed by atoms with E-state index in [-0.39, 0.29) is 5.88 Å². The Hall–Kier alpha value is -2.22. The van der Waals surface area contributed by atoms with Crippen LogP contribution in [0.5, 0.6) is 0 Å². The molecule has 7 nitrogen and oxygen atoms in total. The summed E-state index contributed by atoms with van der Waals surface area (Å²) in [5.74, 6) is 0.0805. The van der Waals surface area contributed by atoms with Crippen LogP contribution >= 0.6 is 11.3 Å². The lowest BCUT2D eigenvalue weighted by atomic mass is 10.4. The molecule has 0 aliphatic carbocycles. The smallest absolute Gasteiger partial charge is 0.401 e. The largest absolute Gasteiger partial charge is 0.433 e. The highest BCUT2D eigenvalue weighted by Crippen LogP contribution is 2.19. The third kappa shape index (κ3) is 2.23. The molecule has 2 heterocycles. The third-order valence-corrected chi connectivity index (χ3v) is 2.36. The molecule has 0 fully saturated rings. The van der Waals surface area contributed by atoms with Crippen LogP contribution in [0.1, 0.15) is 10.8 Å². The van der Waals surface area contributed by atoms with Crippen molar-refractivity contribution < 1.29 is 9.34 Å². The predicted octanol–water partition coefficient (Wildman–Crippen LogP) is 1.79. The van der Waals surface area contributed by atoms with Gasteiger partial charge < -0.3 is 10.2 Å². The number of furan rings is 1. The standard InChI is InChI=1S/C8H6N4O3S/c9-8-11-10-6(16-8)3-1-5-2-4-7(15-5)12(13)14/h1-4H,(H2,9,11). The molecule has 2 aromatic heterocycles. The van der Waals surface area contributed by atoms with Crippen LogP contribution in [0.4, 0.5) is 11.0 Å². The Balaban J connectivity index is 2.14. The molecule has 0 saturated heterocycles. The lowest BCUT2D eigenvalue weighted by Crippen LogP contribution is -1.82. The van der Waals surface area contributed by atoms with E-state index in [1.54, 1.807) is 12.2 Å². The monoisotopic (exact) mass is 238 g/mol. The van der Waals surface area contributed by atoms with Gasteiger partial charge in [0.15, 0.2) is 0 Å². The summed E-state index contributed by atoms with van der Waals surface area (Å²) >= 11 is 1.21. The quantitative estimate of drug-likeness (QED) is 0.645. The van der Waals surface area contributed by atoms with Crippen LogP contribution in [-0.2, 0) is 0 Å². The first kappa shape index (κ1) is 10.3. The van der Waals surface area contributed by atoms with Gasteiger partial charge in [-0.25, -0.2) is 0 Å². The van der Waals surface area contributed by atoms with Crippen molar-refractivity contribution in [2.24, 2.45) is 0 Å². The second kappa shape index (κ2) is 4.11. The van der Waals surface area contributed by atoms with E-state index in [0.717, 1.165) is 0 Å². The van der Waals surface area contributed by atoms with E-state index >= 15 is 0 Å². The van der Waals surface area contributed by atoms with Gasteiger partial charge in [0.25, 0.3) is 0 Å². The average molecular weight is 238 g/mol. The molecule has 8 heteroatoms. The number of nitrogens with two attached hydrogens (primary N) is 1. The maximum absolute atomic E-state index is 10.3. The Morgan fingerprint density at radius 3 is 2.81 bits per heavy atom. The minimum Gasteiger partial charge on any atom is -0.401 e. The number of nitro groups is 1. The summed E-state index contributed by atoms with van der Waals surface area (Å²) in [6, 6.07) is 2.78. The van der Waals surface area contributed by atoms with Gasteiger partial charge in [0.1, 0.15) is 15.7 Å². The van der Waals surface area contributed by atoms with Gasteiger partial charge in [0, 0.05) is 0 Å². The molecule has 0 unspecified atom stereocenters. The maximum atomic E-state index is 10.3. The van der Waals surface area contributed by atoms with Crippen LogP contribution < -0.4 is 5.73 Å². The zero-order chi connectivity index (χ0) is 11.5. The van der Waals surface area contributed by atoms with E-state index in [9.17, 15) is 10.1 Å². The average Bonchev–Trinajstić information content (AvgIpc) is 2.83. The fourth-order valence-corrected chi connectivity index (χ4v) is 1.51. The normalized spacial score (nSPS) is 11.0. The number of hydrogen-bond donors (Lipinski definition) is 1. The topological polar surface area (TPSA) is 108 Å². The molecular weight excluding hydrogens is 232 g/mol. The van der Waals surface area contributed by atoms with Gasteiger partial charge in [0.05, 0.1) is 6.07 Å². The molecule has 82 valence electrons. The Morgan fingerprint density at radius 1 is 1.44 bits per heavy atom. The first-order valence-electron chi connectivity index (χ1n) is 4.16. The Kier molecular flexibility index (Phi) is 2.64. The van der Waals surface area contributed by atoms with Gasteiger partial charge in [0.2, 0.25) is 5.13 Å². The van der Waals surface area contributed by atoms with E-state index < -0.39 is 4.92 Å². The summed E-state index contributed by atoms with van der Waals surface area (Å²) in [5, 5.41) is 18.7. The Labute approximate surface area is 93.4 Å². The fraction of sp³-hybridized carbons (Fsp3) is 0. The predicted molar refractivity (Wildman–Crippen MR) is 58.6 cm³/mol. The fourth-order valence-electron chi connectivity index (χ4n) is 0.997. The SMILES string of the molecule is Nc1nnc(C=Cc2ccc([N+](=O)[O-])o2)s1. The number of anilines is 1. The lowest BCUT2D eigenvalue weighted by molar-refractivity contribution is -0.402. The molecule has 0 amide bonds. The van der Waals surface area contributed by atoms with E-state index in [2.05, 4.69) is 10.2 Å². The summed E-state index contributed by atoms with van der Waals surface area (Å²) in [5.41, 5.74) is 5.39. The molecule has 0 aliphatic rings. The molecule has 0 radical (unpaired) electrons. The van der Waals surface area contributed by atoms with Crippen molar-refractivity contribution in [3.63, 3.8) is 0 Å². The molecule has 0 saturated carbocycles. The molecule has 0 atom stereocenters. The summed E-state index contributed by atoms with van der Waals surface area (Å²) in [4.78, 5) is 9.75. The number of hydrogen-bond acceptors (Lipinski definition) is 7. The van der Waals surface area contributed by atoms with Crippen LogP contribution in [0.25, 0.3) is 12.2 Å². The zero-order valence-corrected chi connectivity index (χ0v) is 8.68. The molecule has 2 N–H and O–H groups in total. The second-order valence-electron chi connectivity index (χ2n) is 2.74. The first-order valence-corrected chi connectivity index (χ1v) is 4.98. The van der Waals surface area contributed by atoms with Crippen molar-refractivity contribution in [2.45, 2.75) is 0 Å². The summed E-state index contributed by atoms with van der Waals surface area (Å²) in [7, 11) is 0. The number of aromatic nitrogens is 2. The highest BCUT2D eigenvalue weighted by atomic mass is 32.1. The highest BCUT2D eigenvalue weighted by Gasteiger charge is 2.09. The summed E-state index contributed by atoms with van der Waals surface area (Å²) in [6.45, 7) is 0. The first-order chi connectivity index (χ1) is 7.65. The van der Waals surface area contributed by atoms with Crippen LogP contribution in [0.3, 0.4) is 0 Å². The van der Waals surface area contributed by atoms with Crippen LogP contribution in [0, 0.1) is 10.1 Å². The minimum atomic E-state index is -0.597. The van der Waals surface area contributed by atoms with Crippen LogP contribution in [0.15, 0.2) is 16.5 Å². The molecule has 2 aromatic rings. The Morgan fingerprint density at radius 2 is 2.25 bits per heavy atom. The molecule has 16 heavy (non-hydrogen) atoms. The van der Waals surface area contributed by atoms with Gasteiger partial charge >= 0.3 is 5.88 Å². The summed E-state index contributed by atoms with van der Waals surface area (Å²) < 4.78 is 4.91. The lowest BCUT2D eigenvalue weighted by Gasteiger charge is -1.83.